The summed E-state index contributed by atoms with van der Waals surface area (Å²) < 4.78 is 13.6. The lowest BCUT2D eigenvalue weighted by molar-refractivity contribution is 0.306. The van der Waals surface area contributed by atoms with Crippen molar-refractivity contribution in [2.45, 2.75) is 13.2 Å². The molecule has 0 aliphatic rings. The molecule has 6 nitrogen and oxygen atoms in total. The second-order valence-electron chi connectivity index (χ2n) is 6.79. The van der Waals surface area contributed by atoms with E-state index in [1.54, 1.807) is 11.8 Å². The number of benzene rings is 3. The van der Waals surface area contributed by atoms with E-state index in [1.165, 1.54) is 0 Å². The summed E-state index contributed by atoms with van der Waals surface area (Å²) >= 11 is 11.3. The van der Waals surface area contributed by atoms with Gasteiger partial charge >= 0.3 is 0 Å². The van der Waals surface area contributed by atoms with Crippen molar-refractivity contribution >= 4 is 23.8 Å². The number of hydrogen-bond donors (Lipinski definition) is 2. The normalized spacial score (nSPS) is 10.6. The molecule has 0 aliphatic heterocycles. The van der Waals surface area contributed by atoms with Gasteiger partial charge < -0.3 is 14.9 Å². The Balaban J connectivity index is 1.47. The quantitative estimate of drug-likeness (QED) is 0.341. The smallest absolute Gasteiger partial charge is 0.214 e. The second-order valence-corrected chi connectivity index (χ2v) is 7.61. The van der Waals surface area contributed by atoms with Crippen molar-refractivity contribution in [2.75, 3.05) is 12.5 Å². The van der Waals surface area contributed by atoms with E-state index < -0.39 is 0 Å². The van der Waals surface area contributed by atoms with Gasteiger partial charge in [0, 0.05) is 5.02 Å². The Morgan fingerprint density at radius 2 is 1.84 bits per heavy atom. The number of nitrogens with one attached hydrogen (secondary N) is 2. The molecule has 1 aromatic heterocycles. The van der Waals surface area contributed by atoms with Crippen LogP contribution >= 0.6 is 23.8 Å². The van der Waals surface area contributed by atoms with E-state index in [4.69, 9.17) is 33.3 Å². The molecule has 3 aromatic carbocycles. The minimum atomic E-state index is 0.469. The third-order valence-corrected chi connectivity index (χ3v) is 5.20. The highest BCUT2D eigenvalue weighted by molar-refractivity contribution is 7.71. The third kappa shape index (κ3) is 5.07. The van der Waals surface area contributed by atoms with Crippen LogP contribution in [0.2, 0.25) is 5.02 Å². The Morgan fingerprint density at radius 3 is 2.65 bits per heavy atom. The molecular formula is C23H21ClN4O2S. The zero-order chi connectivity index (χ0) is 21.6. The summed E-state index contributed by atoms with van der Waals surface area (Å²) in [5.74, 6) is 2.16. The van der Waals surface area contributed by atoms with Crippen LogP contribution < -0.4 is 14.9 Å². The number of H-pyrrole nitrogens is 1. The predicted octanol–water partition coefficient (Wildman–Crippen LogP) is 5.59. The number of ether oxygens (including phenoxy) is 2. The summed E-state index contributed by atoms with van der Waals surface area (Å²) in [5, 5.41) is 7.91. The molecule has 0 spiro atoms. The molecular weight excluding hydrogens is 432 g/mol. The molecule has 31 heavy (non-hydrogen) atoms. The van der Waals surface area contributed by atoms with Crippen LogP contribution in [0.4, 0.5) is 0 Å². The summed E-state index contributed by atoms with van der Waals surface area (Å²) in [7, 11) is 1.63. The van der Waals surface area contributed by atoms with Crippen LogP contribution in [0, 0.1) is 4.77 Å². The fourth-order valence-electron chi connectivity index (χ4n) is 3.12. The lowest BCUT2D eigenvalue weighted by atomic mass is 10.2. The molecule has 4 aromatic rings. The van der Waals surface area contributed by atoms with Gasteiger partial charge in [0.25, 0.3) is 0 Å². The van der Waals surface area contributed by atoms with Gasteiger partial charge in [0.15, 0.2) is 5.82 Å². The fourth-order valence-corrected chi connectivity index (χ4v) is 3.44. The molecule has 4 rings (SSSR count). The van der Waals surface area contributed by atoms with E-state index in [0.717, 1.165) is 28.2 Å². The maximum absolute atomic E-state index is 5.93. The molecule has 8 heteroatoms. The van der Waals surface area contributed by atoms with Crippen molar-refractivity contribution in [3.63, 3.8) is 0 Å². The second kappa shape index (κ2) is 9.68. The minimum absolute atomic E-state index is 0.469. The Hall–Kier alpha value is -3.29. The standard InChI is InChI=1S/C23H21ClN4O2S/c1-29-21-8-3-2-7-20(21)22-26-27-23(31)28(22)25-14-17-5-4-6-19(13-17)30-15-16-9-11-18(24)12-10-16/h2-13,25H,14-15H2,1H3,(H,27,31). The number of hydrogen-bond acceptors (Lipinski definition) is 5. The van der Waals surface area contributed by atoms with Gasteiger partial charge in [0.05, 0.1) is 19.2 Å². The van der Waals surface area contributed by atoms with Crippen LogP contribution in [0.15, 0.2) is 72.8 Å². The van der Waals surface area contributed by atoms with Gasteiger partial charge in [-0.2, -0.15) is 5.10 Å². The third-order valence-electron chi connectivity index (χ3n) is 4.68. The van der Waals surface area contributed by atoms with Crippen LogP contribution in [-0.4, -0.2) is 22.0 Å². The molecule has 0 saturated carbocycles. The minimum Gasteiger partial charge on any atom is -0.496 e. The zero-order valence-electron chi connectivity index (χ0n) is 16.8. The molecule has 0 saturated heterocycles. The van der Waals surface area contributed by atoms with Gasteiger partial charge in [0.1, 0.15) is 18.1 Å². The molecule has 158 valence electrons. The molecule has 1 heterocycles. The van der Waals surface area contributed by atoms with E-state index in [9.17, 15) is 0 Å². The van der Waals surface area contributed by atoms with Gasteiger partial charge in [-0.15, -0.1) is 0 Å². The van der Waals surface area contributed by atoms with Crippen LogP contribution in [0.1, 0.15) is 11.1 Å². The first-order valence-corrected chi connectivity index (χ1v) is 10.4. The SMILES string of the molecule is COc1ccccc1-c1n[nH]c(=S)n1NCc1cccc(OCc2ccc(Cl)cc2)c1. The zero-order valence-corrected chi connectivity index (χ0v) is 18.4. The Labute approximate surface area is 190 Å². The lowest BCUT2D eigenvalue weighted by Crippen LogP contribution is -2.16. The highest BCUT2D eigenvalue weighted by Crippen LogP contribution is 2.27. The molecule has 0 atom stereocenters. The first kappa shape index (κ1) is 21.0. The largest absolute Gasteiger partial charge is 0.496 e. The van der Waals surface area contributed by atoms with Crippen molar-refractivity contribution in [1.29, 1.82) is 0 Å². The number of para-hydroxylation sites is 1. The molecule has 0 fully saturated rings. The van der Waals surface area contributed by atoms with E-state index in [0.29, 0.717) is 28.8 Å². The van der Waals surface area contributed by atoms with Crippen LogP contribution in [0.25, 0.3) is 11.4 Å². The van der Waals surface area contributed by atoms with Crippen LogP contribution in [-0.2, 0) is 13.2 Å². The van der Waals surface area contributed by atoms with E-state index in [1.807, 2.05) is 72.8 Å². The van der Waals surface area contributed by atoms with Gasteiger partial charge in [-0.3, -0.25) is 0 Å². The number of halogens is 1. The number of aromatic nitrogens is 3. The molecule has 0 unspecified atom stereocenters. The number of nitrogens with zero attached hydrogens (tertiary/aromatic N) is 2. The molecule has 0 aliphatic carbocycles. The summed E-state index contributed by atoms with van der Waals surface area (Å²) in [5.41, 5.74) is 6.26. The van der Waals surface area contributed by atoms with Crippen molar-refractivity contribution in [1.82, 2.24) is 14.9 Å². The Kier molecular flexibility index (Phi) is 6.54. The van der Waals surface area contributed by atoms with Crippen molar-refractivity contribution in [3.8, 4) is 22.9 Å². The fraction of sp³-hybridized carbons (Fsp3) is 0.130. The maximum Gasteiger partial charge on any atom is 0.214 e. The summed E-state index contributed by atoms with van der Waals surface area (Å²) in [6.45, 7) is 1.01. The number of rotatable bonds is 8. The molecule has 0 bridgehead atoms. The van der Waals surface area contributed by atoms with Crippen molar-refractivity contribution in [2.24, 2.45) is 0 Å². The van der Waals surface area contributed by atoms with Gasteiger partial charge in [-0.05, 0) is 59.7 Å². The number of aromatic amines is 1. The van der Waals surface area contributed by atoms with Crippen LogP contribution in [0.5, 0.6) is 11.5 Å². The molecule has 2 N–H and O–H groups in total. The first-order valence-electron chi connectivity index (χ1n) is 9.65. The van der Waals surface area contributed by atoms with E-state index >= 15 is 0 Å². The van der Waals surface area contributed by atoms with Crippen molar-refractivity contribution in [3.05, 3.63) is 93.7 Å². The summed E-state index contributed by atoms with van der Waals surface area (Å²) in [4.78, 5) is 0. The highest BCUT2D eigenvalue weighted by Gasteiger charge is 2.13. The monoisotopic (exact) mass is 452 g/mol. The predicted molar refractivity (Wildman–Crippen MR) is 125 cm³/mol. The molecule has 0 amide bonds. The summed E-state index contributed by atoms with van der Waals surface area (Å²) in [6.07, 6.45) is 0. The van der Waals surface area contributed by atoms with Crippen molar-refractivity contribution < 1.29 is 9.47 Å². The maximum atomic E-state index is 5.93. The average Bonchev–Trinajstić information content (AvgIpc) is 3.17. The van der Waals surface area contributed by atoms with Gasteiger partial charge in [-0.1, -0.05) is 48.0 Å². The van der Waals surface area contributed by atoms with Crippen LogP contribution in [0.3, 0.4) is 0 Å². The van der Waals surface area contributed by atoms with E-state index in [-0.39, 0.29) is 0 Å². The Morgan fingerprint density at radius 1 is 1.03 bits per heavy atom. The topological polar surface area (TPSA) is 64.1 Å². The van der Waals surface area contributed by atoms with Gasteiger partial charge in [-0.25, -0.2) is 9.77 Å². The number of methoxy groups -OCH3 is 1. The Bertz CT molecular complexity index is 1220. The average molecular weight is 453 g/mol. The molecule has 0 radical (unpaired) electrons. The van der Waals surface area contributed by atoms with Gasteiger partial charge in [0.2, 0.25) is 4.77 Å². The van der Waals surface area contributed by atoms with E-state index in [2.05, 4.69) is 15.6 Å². The lowest BCUT2D eigenvalue weighted by Gasteiger charge is -2.13. The summed E-state index contributed by atoms with van der Waals surface area (Å²) in [6, 6.07) is 23.2. The highest BCUT2D eigenvalue weighted by atomic mass is 35.5. The first-order chi connectivity index (χ1) is 15.1.